The molecule has 3 nitrogen and oxygen atoms in total. The second-order valence-corrected chi connectivity index (χ2v) is 3.20. The Bertz CT molecular complexity index is 342. The van der Waals surface area contributed by atoms with Gasteiger partial charge in [0.25, 0.3) is 0 Å². The van der Waals surface area contributed by atoms with Crippen LogP contribution in [-0.2, 0) is 0 Å². The molecule has 0 saturated heterocycles. The van der Waals surface area contributed by atoms with Crippen molar-refractivity contribution >= 4 is 11.3 Å². The van der Waals surface area contributed by atoms with Gasteiger partial charge in [-0.2, -0.15) is 10.5 Å². The van der Waals surface area contributed by atoms with Gasteiger partial charge in [-0.05, 0) is 17.0 Å². The summed E-state index contributed by atoms with van der Waals surface area (Å²) in [5.74, 6) is 0. The molecule has 0 radical (unpaired) electrons. The third-order valence-electron chi connectivity index (χ3n) is 1.51. The molecule has 0 amide bonds. The van der Waals surface area contributed by atoms with Crippen molar-refractivity contribution in [1.82, 2.24) is 0 Å². The Labute approximate surface area is 74.7 Å². The van der Waals surface area contributed by atoms with Crippen LogP contribution in [-0.4, -0.2) is 0 Å². The number of hydrogen-bond acceptors (Lipinski definition) is 4. The summed E-state index contributed by atoms with van der Waals surface area (Å²) in [5.41, 5.74) is 6.44. The Morgan fingerprint density at radius 2 is 2.33 bits per heavy atom. The SMILES string of the molecule is N#CC[C@H](N)c1ccsc1C#N. The second kappa shape index (κ2) is 3.87. The van der Waals surface area contributed by atoms with Gasteiger partial charge in [-0.3, -0.25) is 0 Å². The molecule has 2 N–H and O–H groups in total. The number of rotatable bonds is 2. The average Bonchev–Trinajstić information content (AvgIpc) is 2.51. The summed E-state index contributed by atoms with van der Waals surface area (Å²) in [5, 5.41) is 18.8. The highest BCUT2D eigenvalue weighted by atomic mass is 32.1. The van der Waals surface area contributed by atoms with Crippen LogP contribution in [0.5, 0.6) is 0 Å². The second-order valence-electron chi connectivity index (χ2n) is 2.29. The summed E-state index contributed by atoms with van der Waals surface area (Å²) in [7, 11) is 0. The van der Waals surface area contributed by atoms with Crippen LogP contribution in [0.1, 0.15) is 22.9 Å². The minimum atomic E-state index is -0.323. The van der Waals surface area contributed by atoms with Crippen molar-refractivity contribution in [3.63, 3.8) is 0 Å². The van der Waals surface area contributed by atoms with Gasteiger partial charge in [0.05, 0.1) is 12.5 Å². The van der Waals surface area contributed by atoms with Gasteiger partial charge in [0, 0.05) is 6.04 Å². The van der Waals surface area contributed by atoms with Crippen LogP contribution in [0.2, 0.25) is 0 Å². The molecule has 1 rings (SSSR count). The molecule has 0 aromatic carbocycles. The number of nitriles is 2. The van der Waals surface area contributed by atoms with Gasteiger partial charge in [-0.25, -0.2) is 0 Å². The molecule has 1 heterocycles. The van der Waals surface area contributed by atoms with Crippen molar-refractivity contribution in [2.45, 2.75) is 12.5 Å². The molecule has 60 valence electrons. The van der Waals surface area contributed by atoms with E-state index in [0.29, 0.717) is 4.88 Å². The van der Waals surface area contributed by atoms with Gasteiger partial charge in [0.1, 0.15) is 10.9 Å². The Kier molecular flexibility index (Phi) is 2.82. The molecule has 0 aliphatic carbocycles. The molecule has 0 unspecified atom stereocenters. The zero-order chi connectivity index (χ0) is 8.97. The van der Waals surface area contributed by atoms with E-state index in [2.05, 4.69) is 0 Å². The van der Waals surface area contributed by atoms with Gasteiger partial charge in [0.2, 0.25) is 0 Å². The molecular formula is C8H7N3S. The Morgan fingerprint density at radius 3 is 2.92 bits per heavy atom. The van der Waals surface area contributed by atoms with Crippen molar-refractivity contribution in [2.24, 2.45) is 5.73 Å². The van der Waals surface area contributed by atoms with Crippen molar-refractivity contribution in [3.8, 4) is 12.1 Å². The highest BCUT2D eigenvalue weighted by Gasteiger charge is 2.11. The average molecular weight is 177 g/mol. The number of thiophene rings is 1. The molecule has 0 aliphatic heterocycles. The van der Waals surface area contributed by atoms with Crippen LogP contribution in [0.3, 0.4) is 0 Å². The smallest absolute Gasteiger partial charge is 0.110 e. The molecular weight excluding hydrogens is 170 g/mol. The van der Waals surface area contributed by atoms with Crippen molar-refractivity contribution in [2.75, 3.05) is 0 Å². The maximum atomic E-state index is 8.65. The standard InChI is InChI=1S/C8H7N3S/c9-3-1-7(11)6-2-4-12-8(6)5-10/h2,4,7H,1,11H2/t7-/m0/s1. The lowest BCUT2D eigenvalue weighted by molar-refractivity contribution is 0.750. The molecule has 0 saturated carbocycles. The summed E-state index contributed by atoms with van der Waals surface area (Å²) in [6.45, 7) is 0. The van der Waals surface area contributed by atoms with Gasteiger partial charge in [-0.1, -0.05) is 0 Å². The molecule has 0 fully saturated rings. The van der Waals surface area contributed by atoms with Gasteiger partial charge < -0.3 is 5.73 Å². The predicted octanol–water partition coefficient (Wildman–Crippen LogP) is 1.53. The highest BCUT2D eigenvalue weighted by molar-refractivity contribution is 7.10. The number of nitrogens with zero attached hydrogens (tertiary/aromatic N) is 2. The van der Waals surface area contributed by atoms with E-state index in [9.17, 15) is 0 Å². The number of nitrogens with two attached hydrogens (primary N) is 1. The monoisotopic (exact) mass is 177 g/mol. The zero-order valence-corrected chi connectivity index (χ0v) is 7.14. The first kappa shape index (κ1) is 8.73. The van der Waals surface area contributed by atoms with E-state index in [1.807, 2.05) is 17.5 Å². The van der Waals surface area contributed by atoms with Crippen LogP contribution in [0.4, 0.5) is 0 Å². The summed E-state index contributed by atoms with van der Waals surface area (Å²) in [6, 6.07) is 5.49. The van der Waals surface area contributed by atoms with E-state index in [-0.39, 0.29) is 12.5 Å². The highest BCUT2D eigenvalue weighted by Crippen LogP contribution is 2.22. The van der Waals surface area contributed by atoms with Crippen molar-refractivity contribution in [1.29, 1.82) is 10.5 Å². The van der Waals surface area contributed by atoms with Crippen LogP contribution < -0.4 is 5.73 Å². The molecule has 1 atom stereocenters. The Balaban J connectivity index is 2.89. The lowest BCUT2D eigenvalue weighted by Crippen LogP contribution is -2.09. The first-order chi connectivity index (χ1) is 5.79. The maximum absolute atomic E-state index is 8.65. The summed E-state index contributed by atoms with van der Waals surface area (Å²) < 4.78 is 0. The van der Waals surface area contributed by atoms with E-state index in [1.54, 1.807) is 6.07 Å². The zero-order valence-electron chi connectivity index (χ0n) is 6.32. The van der Waals surface area contributed by atoms with Gasteiger partial charge >= 0.3 is 0 Å². The lowest BCUT2D eigenvalue weighted by Gasteiger charge is -2.03. The maximum Gasteiger partial charge on any atom is 0.110 e. The molecule has 0 spiro atoms. The fraction of sp³-hybridized carbons (Fsp3) is 0.250. The Morgan fingerprint density at radius 1 is 1.58 bits per heavy atom. The molecule has 0 bridgehead atoms. The predicted molar refractivity (Wildman–Crippen MR) is 46.2 cm³/mol. The molecule has 1 aromatic rings. The van der Waals surface area contributed by atoms with Crippen molar-refractivity contribution < 1.29 is 0 Å². The molecule has 0 aliphatic rings. The third kappa shape index (κ3) is 1.62. The normalized spacial score (nSPS) is 11.6. The third-order valence-corrected chi connectivity index (χ3v) is 2.34. The first-order valence-corrected chi connectivity index (χ1v) is 4.27. The van der Waals surface area contributed by atoms with Crippen molar-refractivity contribution in [3.05, 3.63) is 21.9 Å². The van der Waals surface area contributed by atoms with Crippen LogP contribution >= 0.6 is 11.3 Å². The van der Waals surface area contributed by atoms with Gasteiger partial charge in [0.15, 0.2) is 0 Å². The van der Waals surface area contributed by atoms with E-state index in [4.69, 9.17) is 16.3 Å². The number of hydrogen-bond donors (Lipinski definition) is 1. The lowest BCUT2D eigenvalue weighted by atomic mass is 10.1. The van der Waals surface area contributed by atoms with E-state index in [0.717, 1.165) is 5.56 Å². The minimum absolute atomic E-state index is 0.255. The molecule has 4 heteroatoms. The fourth-order valence-electron chi connectivity index (χ4n) is 0.910. The summed E-state index contributed by atoms with van der Waals surface area (Å²) in [6.07, 6.45) is 0.255. The molecule has 1 aromatic heterocycles. The minimum Gasteiger partial charge on any atom is -0.323 e. The summed E-state index contributed by atoms with van der Waals surface area (Å²) in [4.78, 5) is 0.609. The largest absolute Gasteiger partial charge is 0.323 e. The summed E-state index contributed by atoms with van der Waals surface area (Å²) >= 11 is 1.35. The van der Waals surface area contributed by atoms with Crippen LogP contribution in [0, 0.1) is 22.7 Å². The Hall–Kier alpha value is -1.36. The van der Waals surface area contributed by atoms with E-state index >= 15 is 0 Å². The van der Waals surface area contributed by atoms with Crippen LogP contribution in [0.25, 0.3) is 0 Å². The fourth-order valence-corrected chi connectivity index (χ4v) is 1.67. The quantitative estimate of drug-likeness (QED) is 0.744. The van der Waals surface area contributed by atoms with E-state index in [1.165, 1.54) is 11.3 Å². The van der Waals surface area contributed by atoms with E-state index < -0.39 is 0 Å². The van der Waals surface area contributed by atoms with Crippen LogP contribution in [0.15, 0.2) is 11.4 Å². The first-order valence-electron chi connectivity index (χ1n) is 3.39. The topological polar surface area (TPSA) is 73.6 Å². The molecule has 12 heavy (non-hydrogen) atoms. The van der Waals surface area contributed by atoms with Gasteiger partial charge in [-0.15, -0.1) is 11.3 Å².